The summed E-state index contributed by atoms with van der Waals surface area (Å²) in [6, 6.07) is -0.864. The summed E-state index contributed by atoms with van der Waals surface area (Å²) in [7, 11) is 1.47. The number of rotatable bonds is 49. The second-order valence-corrected chi connectivity index (χ2v) is 21.2. The summed E-state index contributed by atoms with van der Waals surface area (Å²) in [6.45, 7) is 6.83. The van der Waals surface area contributed by atoms with E-state index >= 15 is 0 Å². The Kier molecular flexibility index (Phi) is 46.3. The zero-order chi connectivity index (χ0) is 50.1. The number of hydrogen-bond acceptors (Lipinski definition) is 6. The lowest BCUT2D eigenvalue weighted by Gasteiger charge is -2.27. The highest BCUT2D eigenvalue weighted by atomic mass is 31.2. The van der Waals surface area contributed by atoms with Crippen molar-refractivity contribution in [2.75, 3.05) is 40.9 Å². The summed E-state index contributed by atoms with van der Waals surface area (Å²) in [5.41, 5.74) is 0. The van der Waals surface area contributed by atoms with Crippen LogP contribution in [0.25, 0.3) is 0 Å². The van der Waals surface area contributed by atoms with E-state index in [4.69, 9.17) is 13.8 Å². The van der Waals surface area contributed by atoms with Gasteiger partial charge in [0.05, 0.1) is 33.8 Å². The van der Waals surface area contributed by atoms with Gasteiger partial charge in [0.2, 0.25) is 5.91 Å². The number of carbonyl (C=O) groups excluding carboxylic acids is 2. The molecule has 394 valence electrons. The van der Waals surface area contributed by atoms with E-state index in [-0.39, 0.29) is 31.5 Å². The SMILES string of the molecule is CC/C=C/C/C=C/C/C=C/CCCCCCC(=O)NC(COP(=O)(O)OCC[N+](C)(C)C)C(/C=C/CCCCCCCCCCC)OC(=O)CCCCCCCCC/C=C\C/C=C\CCCCC. The Morgan fingerprint density at radius 1 is 0.529 bits per heavy atom. The first-order valence-corrected chi connectivity index (χ1v) is 29.3. The standard InChI is InChI=1S/C58H105N2O7P/c1-7-10-13-16-19-22-25-27-29-30-31-33-36-39-42-45-48-51-58(62)67-56(49-46-43-40-37-34-24-21-18-15-12-9-3)55(54-66-68(63,64)65-53-52-60(4,5)6)59-57(61)50-47-44-41-38-35-32-28-26-23-20-17-14-11-8-2/h11,14,19-20,22-23,27-29,32,46,49,55-56H,7-10,12-13,15-18,21,24-26,30-31,33-45,47-48,50-54H2,1-6H3,(H-,59,61,63,64)/p+1/b14-11+,22-19-,23-20+,29-27-,32-28+,49-46+. The van der Waals surface area contributed by atoms with Gasteiger partial charge in [-0.3, -0.25) is 18.6 Å². The number of likely N-dealkylation sites (N-methyl/N-ethyl adjacent to an activating group) is 1. The largest absolute Gasteiger partial charge is 0.472 e. The molecule has 10 heteroatoms. The van der Waals surface area contributed by atoms with Crippen LogP contribution in [0, 0.1) is 0 Å². The van der Waals surface area contributed by atoms with Crippen LogP contribution in [0.5, 0.6) is 0 Å². The molecular formula is C58H106N2O7P+. The third kappa shape index (κ3) is 48.5. The molecule has 0 aliphatic heterocycles. The van der Waals surface area contributed by atoms with Crippen LogP contribution < -0.4 is 5.32 Å². The van der Waals surface area contributed by atoms with Gasteiger partial charge in [-0.2, -0.15) is 0 Å². The van der Waals surface area contributed by atoms with Gasteiger partial charge in [-0.25, -0.2) is 4.57 Å². The lowest BCUT2D eigenvalue weighted by atomic mass is 10.1. The molecule has 0 aromatic heterocycles. The van der Waals surface area contributed by atoms with Crippen molar-refractivity contribution < 1.29 is 37.3 Å². The molecule has 2 N–H and O–H groups in total. The number of phosphoric ester groups is 1. The number of carbonyl (C=O) groups is 2. The molecule has 0 spiro atoms. The molecule has 0 aromatic carbocycles. The molecule has 3 atom stereocenters. The number of unbranched alkanes of at least 4 members (excludes halogenated alkanes) is 23. The molecule has 0 aliphatic carbocycles. The molecular weight excluding hydrogens is 868 g/mol. The van der Waals surface area contributed by atoms with Gasteiger partial charge in [-0.15, -0.1) is 0 Å². The van der Waals surface area contributed by atoms with Gasteiger partial charge in [-0.05, 0) is 96.0 Å². The van der Waals surface area contributed by atoms with Crippen LogP contribution in [0.2, 0.25) is 0 Å². The van der Waals surface area contributed by atoms with E-state index in [0.29, 0.717) is 17.4 Å². The van der Waals surface area contributed by atoms with E-state index < -0.39 is 20.0 Å². The number of allylic oxidation sites excluding steroid dienone is 11. The second kappa shape index (κ2) is 48.1. The minimum atomic E-state index is -4.45. The van der Waals surface area contributed by atoms with Gasteiger partial charge >= 0.3 is 13.8 Å². The summed E-state index contributed by atoms with van der Waals surface area (Å²) >= 11 is 0. The fourth-order valence-electron chi connectivity index (χ4n) is 7.57. The van der Waals surface area contributed by atoms with Crippen molar-refractivity contribution in [2.45, 2.75) is 245 Å². The predicted molar refractivity (Wildman–Crippen MR) is 291 cm³/mol. The summed E-state index contributed by atoms with van der Waals surface area (Å²) in [5.74, 6) is -0.544. The molecule has 0 rings (SSSR count). The van der Waals surface area contributed by atoms with Crippen LogP contribution in [-0.4, -0.2) is 74.3 Å². The minimum absolute atomic E-state index is 0.0316. The Balaban J connectivity index is 5.39. The lowest BCUT2D eigenvalue weighted by Crippen LogP contribution is -2.47. The van der Waals surface area contributed by atoms with E-state index in [1.807, 2.05) is 33.3 Å². The van der Waals surface area contributed by atoms with Crippen molar-refractivity contribution >= 4 is 19.7 Å². The number of nitrogens with one attached hydrogen (secondary N) is 1. The molecule has 1 amide bonds. The average molecular weight is 974 g/mol. The molecule has 0 saturated heterocycles. The highest BCUT2D eigenvalue weighted by Crippen LogP contribution is 2.43. The van der Waals surface area contributed by atoms with E-state index in [1.165, 1.54) is 89.9 Å². The predicted octanol–water partition coefficient (Wildman–Crippen LogP) is 16.5. The summed E-state index contributed by atoms with van der Waals surface area (Å²) < 4.78 is 30.5. The van der Waals surface area contributed by atoms with Crippen LogP contribution in [0.15, 0.2) is 72.9 Å². The van der Waals surface area contributed by atoms with Crippen molar-refractivity contribution in [3.63, 3.8) is 0 Å². The molecule has 0 fully saturated rings. The molecule has 9 nitrogen and oxygen atoms in total. The quantitative estimate of drug-likeness (QED) is 0.0205. The van der Waals surface area contributed by atoms with Crippen LogP contribution in [0.1, 0.15) is 233 Å². The average Bonchev–Trinajstić information content (AvgIpc) is 3.29. The number of quaternary nitrogens is 1. The van der Waals surface area contributed by atoms with Crippen molar-refractivity contribution in [3.8, 4) is 0 Å². The molecule has 0 bridgehead atoms. The van der Waals surface area contributed by atoms with Crippen molar-refractivity contribution in [1.29, 1.82) is 0 Å². The first-order valence-electron chi connectivity index (χ1n) is 27.8. The van der Waals surface area contributed by atoms with Crippen LogP contribution in [-0.2, 0) is 27.9 Å². The number of hydrogen-bond donors (Lipinski definition) is 2. The lowest BCUT2D eigenvalue weighted by molar-refractivity contribution is -0.870. The van der Waals surface area contributed by atoms with Crippen LogP contribution in [0.3, 0.4) is 0 Å². The van der Waals surface area contributed by atoms with Gasteiger partial charge in [0, 0.05) is 12.8 Å². The third-order valence-electron chi connectivity index (χ3n) is 11.9. The number of amides is 1. The number of nitrogens with zero attached hydrogens (tertiary/aromatic N) is 1. The summed E-state index contributed by atoms with van der Waals surface area (Å²) in [6.07, 6.45) is 60.4. The first kappa shape index (κ1) is 65.5. The zero-order valence-corrected chi connectivity index (χ0v) is 45.7. The highest BCUT2D eigenvalue weighted by Gasteiger charge is 2.30. The molecule has 0 aliphatic rings. The van der Waals surface area contributed by atoms with Gasteiger partial charge in [-0.1, -0.05) is 197 Å². The number of ether oxygens (including phenoxy) is 1. The molecule has 0 saturated carbocycles. The van der Waals surface area contributed by atoms with Crippen molar-refractivity contribution in [1.82, 2.24) is 5.32 Å². The zero-order valence-electron chi connectivity index (χ0n) is 44.8. The van der Waals surface area contributed by atoms with Gasteiger partial charge in [0.25, 0.3) is 0 Å². The number of phosphoric acid groups is 1. The maximum absolute atomic E-state index is 13.5. The Bertz CT molecular complexity index is 1400. The van der Waals surface area contributed by atoms with E-state index in [1.54, 1.807) is 0 Å². The Morgan fingerprint density at radius 3 is 1.44 bits per heavy atom. The van der Waals surface area contributed by atoms with Gasteiger partial charge in [0.1, 0.15) is 19.3 Å². The van der Waals surface area contributed by atoms with Crippen molar-refractivity contribution in [2.24, 2.45) is 0 Å². The normalized spacial score (nSPS) is 14.4. The maximum atomic E-state index is 13.5. The van der Waals surface area contributed by atoms with Crippen LogP contribution in [0.4, 0.5) is 0 Å². The molecule has 3 unspecified atom stereocenters. The van der Waals surface area contributed by atoms with E-state index in [0.717, 1.165) is 109 Å². The third-order valence-corrected chi connectivity index (χ3v) is 12.9. The Hall–Kier alpha value is -2.55. The van der Waals surface area contributed by atoms with Gasteiger partial charge in [0.15, 0.2) is 0 Å². The Morgan fingerprint density at radius 2 is 0.941 bits per heavy atom. The first-order chi connectivity index (χ1) is 32.9. The summed E-state index contributed by atoms with van der Waals surface area (Å²) in [4.78, 5) is 37.5. The van der Waals surface area contributed by atoms with Crippen LogP contribution >= 0.6 is 7.82 Å². The molecule has 0 aromatic rings. The highest BCUT2D eigenvalue weighted by molar-refractivity contribution is 7.47. The number of esters is 1. The fourth-order valence-corrected chi connectivity index (χ4v) is 8.31. The minimum Gasteiger partial charge on any atom is -0.456 e. The molecule has 0 heterocycles. The van der Waals surface area contributed by atoms with Crippen molar-refractivity contribution in [3.05, 3.63) is 72.9 Å². The molecule has 0 radical (unpaired) electrons. The van der Waals surface area contributed by atoms with E-state index in [2.05, 4.69) is 86.8 Å². The smallest absolute Gasteiger partial charge is 0.456 e. The topological polar surface area (TPSA) is 111 Å². The Labute approximate surface area is 419 Å². The van der Waals surface area contributed by atoms with E-state index in [9.17, 15) is 19.0 Å². The maximum Gasteiger partial charge on any atom is 0.472 e. The second-order valence-electron chi connectivity index (χ2n) is 19.7. The monoisotopic (exact) mass is 974 g/mol. The van der Waals surface area contributed by atoms with Gasteiger partial charge < -0.3 is 19.4 Å². The fraction of sp³-hybridized carbons (Fsp3) is 0.759. The summed E-state index contributed by atoms with van der Waals surface area (Å²) in [5, 5.41) is 3.03. The molecule has 68 heavy (non-hydrogen) atoms.